The highest BCUT2D eigenvalue weighted by molar-refractivity contribution is 9.10. The number of piperidine rings is 1. The molecule has 2 aliphatic rings. The van der Waals surface area contributed by atoms with E-state index in [1.165, 1.54) is 0 Å². The van der Waals surface area contributed by atoms with Crippen LogP contribution in [0.5, 0.6) is 0 Å². The summed E-state index contributed by atoms with van der Waals surface area (Å²) in [7, 11) is 0. The van der Waals surface area contributed by atoms with Crippen LogP contribution < -0.4 is 0 Å². The molecule has 0 N–H and O–H groups in total. The highest BCUT2D eigenvalue weighted by Crippen LogP contribution is 2.45. The molecule has 0 spiro atoms. The second-order valence-corrected chi connectivity index (χ2v) is 10.4. The summed E-state index contributed by atoms with van der Waals surface area (Å²) < 4.78 is 66.1. The highest BCUT2D eigenvalue weighted by Gasteiger charge is 2.45. The lowest BCUT2D eigenvalue weighted by molar-refractivity contribution is -0.138. The molecule has 2 bridgehead atoms. The molecule has 180 valence electrons. The zero-order chi connectivity index (χ0) is 24.3. The molecule has 0 radical (unpaired) electrons. The Hall–Kier alpha value is -1.72. The van der Waals surface area contributed by atoms with E-state index in [0.717, 1.165) is 6.07 Å². The summed E-state index contributed by atoms with van der Waals surface area (Å²) in [5, 5.41) is -0.323. The van der Waals surface area contributed by atoms with Crippen molar-refractivity contribution in [2.24, 2.45) is 11.8 Å². The smallest absolute Gasteiger partial charge is 0.417 e. The molecule has 12 heteroatoms. The molecule has 2 aliphatic heterocycles. The van der Waals surface area contributed by atoms with E-state index in [2.05, 4.69) is 25.9 Å². The van der Waals surface area contributed by atoms with Crippen molar-refractivity contribution in [2.75, 3.05) is 26.3 Å². The first-order chi connectivity index (χ1) is 15.3. The van der Waals surface area contributed by atoms with Gasteiger partial charge in [-0.05, 0) is 54.4 Å². The summed E-state index contributed by atoms with van der Waals surface area (Å²) in [5.41, 5.74) is -1.90. The first-order valence-corrected chi connectivity index (χ1v) is 11.4. The van der Waals surface area contributed by atoms with Crippen molar-refractivity contribution < 1.29 is 31.8 Å². The van der Waals surface area contributed by atoms with Crippen molar-refractivity contribution in [2.45, 2.75) is 38.5 Å². The molecule has 3 heterocycles. The summed E-state index contributed by atoms with van der Waals surface area (Å²) in [6, 6.07) is 0.852. The van der Waals surface area contributed by atoms with Gasteiger partial charge in [0.15, 0.2) is 5.82 Å². The van der Waals surface area contributed by atoms with Crippen LogP contribution in [0.3, 0.4) is 0 Å². The minimum atomic E-state index is -4.79. The van der Waals surface area contributed by atoms with Crippen LogP contribution >= 0.6 is 27.5 Å². The third kappa shape index (κ3) is 4.77. The van der Waals surface area contributed by atoms with Crippen LogP contribution in [0.15, 0.2) is 10.5 Å². The lowest BCUT2D eigenvalue weighted by Gasteiger charge is -2.46. The van der Waals surface area contributed by atoms with E-state index in [9.17, 15) is 22.4 Å². The Morgan fingerprint density at radius 2 is 1.82 bits per heavy atom. The lowest BCUT2D eigenvalue weighted by Crippen LogP contribution is -2.54. The van der Waals surface area contributed by atoms with E-state index in [1.54, 1.807) is 25.7 Å². The molecular weight excluding hydrogens is 534 g/mol. The Kier molecular flexibility index (Phi) is 6.28. The Morgan fingerprint density at radius 3 is 2.36 bits per heavy atom. The number of fused-ring (bicyclic) bond motifs is 3. The van der Waals surface area contributed by atoms with Crippen LogP contribution in [0.4, 0.5) is 22.4 Å². The van der Waals surface area contributed by atoms with Crippen molar-refractivity contribution in [1.82, 2.24) is 14.9 Å². The topological polar surface area (TPSA) is 64.5 Å². The summed E-state index contributed by atoms with van der Waals surface area (Å²) in [6.45, 7) is 6.32. The maximum absolute atomic E-state index is 14.9. The Morgan fingerprint density at radius 1 is 1.21 bits per heavy atom. The molecule has 2 aromatic rings. The molecule has 6 nitrogen and oxygen atoms in total. The molecule has 1 aromatic carbocycles. The first kappa shape index (κ1) is 24.4. The monoisotopic (exact) mass is 553 g/mol. The fraction of sp³-hybridized carbons (Fsp3) is 0.571. The van der Waals surface area contributed by atoms with Crippen molar-refractivity contribution in [1.29, 1.82) is 0 Å². The predicted octanol–water partition coefficient (Wildman–Crippen LogP) is 5.80. The van der Waals surface area contributed by atoms with Gasteiger partial charge in [0.2, 0.25) is 5.28 Å². The third-order valence-electron chi connectivity index (χ3n) is 5.74. The van der Waals surface area contributed by atoms with Gasteiger partial charge in [-0.2, -0.15) is 13.2 Å². The average molecular weight is 555 g/mol. The van der Waals surface area contributed by atoms with Gasteiger partial charge in [-0.15, -0.1) is 0 Å². The highest BCUT2D eigenvalue weighted by atomic mass is 79.9. The number of aromatic nitrogens is 2. The maximum Gasteiger partial charge on any atom is 0.417 e. The minimum Gasteiger partial charge on any atom is -0.444 e. The molecule has 0 aliphatic carbocycles. The third-order valence-corrected chi connectivity index (χ3v) is 6.68. The average Bonchev–Trinajstić information content (AvgIpc) is 2.67. The van der Waals surface area contributed by atoms with Crippen molar-refractivity contribution in [3.05, 3.63) is 32.9 Å². The Bertz CT molecular complexity index is 1100. The van der Waals surface area contributed by atoms with Crippen LogP contribution in [0.1, 0.15) is 37.9 Å². The van der Waals surface area contributed by atoms with Crippen molar-refractivity contribution >= 4 is 44.5 Å². The Balaban J connectivity index is 1.79. The van der Waals surface area contributed by atoms with Gasteiger partial charge in [0.05, 0.1) is 28.9 Å². The molecule has 2 fully saturated rings. The SMILES string of the molecule is CC(C)(C)OC(=O)N1CC2COCC(C1)C2c1nc(Cl)nc2c(F)c(Br)c(C(F)(F)F)cc12. The fourth-order valence-electron chi connectivity index (χ4n) is 4.52. The van der Waals surface area contributed by atoms with E-state index in [0.29, 0.717) is 0 Å². The van der Waals surface area contributed by atoms with Crippen molar-refractivity contribution in [3.63, 3.8) is 0 Å². The van der Waals surface area contributed by atoms with Gasteiger partial charge in [0, 0.05) is 36.2 Å². The molecular formula is C21H21BrClF4N3O3. The van der Waals surface area contributed by atoms with Gasteiger partial charge in [0.1, 0.15) is 11.1 Å². The number of nitrogens with zero attached hydrogens (tertiary/aromatic N) is 3. The van der Waals surface area contributed by atoms with Crippen molar-refractivity contribution in [3.8, 4) is 0 Å². The number of benzene rings is 1. The number of rotatable bonds is 1. The lowest BCUT2D eigenvalue weighted by atomic mass is 9.73. The van der Waals surface area contributed by atoms with E-state index < -0.39 is 39.6 Å². The zero-order valence-electron chi connectivity index (χ0n) is 18.0. The van der Waals surface area contributed by atoms with Gasteiger partial charge < -0.3 is 14.4 Å². The molecule has 2 saturated heterocycles. The molecule has 2 unspecified atom stereocenters. The number of carbonyl (C=O) groups is 1. The zero-order valence-corrected chi connectivity index (χ0v) is 20.3. The second-order valence-electron chi connectivity index (χ2n) is 9.29. The second kappa shape index (κ2) is 8.49. The summed E-state index contributed by atoms with van der Waals surface area (Å²) in [5.74, 6) is -2.14. The van der Waals surface area contributed by atoms with Crippen LogP contribution in [0.25, 0.3) is 10.9 Å². The van der Waals surface area contributed by atoms with E-state index >= 15 is 0 Å². The molecule has 2 atom stereocenters. The van der Waals surface area contributed by atoms with E-state index in [-0.39, 0.29) is 60.0 Å². The van der Waals surface area contributed by atoms with Crippen LogP contribution in [0.2, 0.25) is 5.28 Å². The number of carbonyl (C=O) groups excluding carboxylic acids is 1. The van der Waals surface area contributed by atoms with E-state index in [1.807, 2.05) is 0 Å². The van der Waals surface area contributed by atoms with Crippen LogP contribution in [-0.2, 0) is 15.7 Å². The molecule has 1 aromatic heterocycles. The number of amides is 1. The molecule has 1 amide bonds. The molecule has 33 heavy (non-hydrogen) atoms. The van der Waals surface area contributed by atoms with E-state index in [4.69, 9.17) is 21.1 Å². The number of hydrogen-bond acceptors (Lipinski definition) is 5. The summed E-state index contributed by atoms with van der Waals surface area (Å²) in [6.07, 6.45) is -5.26. The summed E-state index contributed by atoms with van der Waals surface area (Å²) in [4.78, 5) is 22.3. The number of hydrogen-bond donors (Lipinski definition) is 0. The summed E-state index contributed by atoms with van der Waals surface area (Å²) >= 11 is 8.77. The predicted molar refractivity (Wildman–Crippen MR) is 116 cm³/mol. The fourth-order valence-corrected chi connectivity index (χ4v) is 5.22. The molecule has 4 rings (SSSR count). The Labute approximate surface area is 200 Å². The number of likely N-dealkylation sites (tertiary alicyclic amines) is 1. The standard InChI is InChI=1S/C21H21BrClF4N3O3/c1-20(2,3)33-19(31)30-5-9-7-32-8-10(6-30)13(9)16-11-4-12(21(25,26)27)14(22)15(24)17(11)29-18(23)28-16/h4,9-10,13H,5-8H2,1-3H3. The number of halogens is 6. The van der Waals surface area contributed by atoms with Crippen LogP contribution in [-0.4, -0.2) is 52.9 Å². The quantitative estimate of drug-likeness (QED) is 0.329. The number of ether oxygens (including phenoxy) is 2. The first-order valence-electron chi connectivity index (χ1n) is 10.2. The van der Waals surface area contributed by atoms with Crippen LogP contribution in [0, 0.1) is 17.7 Å². The molecule has 0 saturated carbocycles. The minimum absolute atomic E-state index is 0.0555. The van der Waals surface area contributed by atoms with Gasteiger partial charge >= 0.3 is 12.3 Å². The largest absolute Gasteiger partial charge is 0.444 e. The van der Waals surface area contributed by atoms with Gasteiger partial charge in [0.25, 0.3) is 0 Å². The number of alkyl halides is 3. The van der Waals surface area contributed by atoms with Gasteiger partial charge in [-0.3, -0.25) is 0 Å². The normalized spacial score (nSPS) is 23.7. The van der Waals surface area contributed by atoms with Gasteiger partial charge in [-0.25, -0.2) is 19.2 Å². The van der Waals surface area contributed by atoms with Gasteiger partial charge in [-0.1, -0.05) is 0 Å². The maximum atomic E-state index is 14.9.